The van der Waals surface area contributed by atoms with Crippen molar-refractivity contribution in [1.82, 2.24) is 9.88 Å². The number of nitrogens with zero attached hydrogens (tertiary/aromatic N) is 2. The van der Waals surface area contributed by atoms with Gasteiger partial charge in [-0.2, -0.15) is 0 Å². The summed E-state index contributed by atoms with van der Waals surface area (Å²) in [7, 11) is 3.26. The number of hydrogen-bond acceptors (Lipinski definition) is 5. The Hall–Kier alpha value is -2.34. The molecule has 1 atom stereocenters. The standard InChI is InChI=1S/C17H20N2O4/c1-11-17(20)19(6-7-21-2)10-13-8-12-9-14(22-3)4-5-15(12)18-16(13)23-11/h4-5,8-9,11H,6-7,10H2,1-3H3/t11-/m0/s1. The van der Waals surface area contributed by atoms with Gasteiger partial charge in [0.1, 0.15) is 5.75 Å². The summed E-state index contributed by atoms with van der Waals surface area (Å²) in [6.45, 7) is 3.22. The molecular formula is C17H20N2O4. The lowest BCUT2D eigenvalue weighted by Gasteiger charge is -2.21. The van der Waals surface area contributed by atoms with Crippen molar-refractivity contribution in [2.75, 3.05) is 27.4 Å². The summed E-state index contributed by atoms with van der Waals surface area (Å²) in [5, 5.41) is 0.959. The fourth-order valence-corrected chi connectivity index (χ4v) is 2.67. The van der Waals surface area contributed by atoms with E-state index in [1.807, 2.05) is 24.3 Å². The Morgan fingerprint density at radius 1 is 1.35 bits per heavy atom. The minimum absolute atomic E-state index is 0.0540. The van der Waals surface area contributed by atoms with E-state index < -0.39 is 6.10 Å². The van der Waals surface area contributed by atoms with Crippen LogP contribution in [-0.2, 0) is 16.1 Å². The number of benzene rings is 1. The molecule has 0 radical (unpaired) electrons. The van der Waals surface area contributed by atoms with E-state index in [0.29, 0.717) is 25.6 Å². The molecule has 0 fully saturated rings. The summed E-state index contributed by atoms with van der Waals surface area (Å²) in [4.78, 5) is 18.7. The van der Waals surface area contributed by atoms with E-state index in [4.69, 9.17) is 14.2 Å². The van der Waals surface area contributed by atoms with E-state index in [1.165, 1.54) is 0 Å². The van der Waals surface area contributed by atoms with Crippen molar-refractivity contribution in [3.05, 3.63) is 29.8 Å². The Kier molecular flexibility index (Phi) is 4.34. The molecule has 0 bridgehead atoms. The first-order valence-electron chi connectivity index (χ1n) is 7.54. The molecule has 2 aromatic rings. The molecule has 6 nitrogen and oxygen atoms in total. The quantitative estimate of drug-likeness (QED) is 0.863. The van der Waals surface area contributed by atoms with Crippen LogP contribution in [0, 0.1) is 0 Å². The van der Waals surface area contributed by atoms with Gasteiger partial charge in [0.25, 0.3) is 5.91 Å². The van der Waals surface area contributed by atoms with Crippen LogP contribution < -0.4 is 9.47 Å². The number of rotatable bonds is 4. The lowest BCUT2D eigenvalue weighted by Crippen LogP contribution is -2.39. The predicted octanol–water partition coefficient (Wildman–Crippen LogP) is 2.00. The van der Waals surface area contributed by atoms with Crippen molar-refractivity contribution in [3.63, 3.8) is 0 Å². The summed E-state index contributed by atoms with van der Waals surface area (Å²) in [5.41, 5.74) is 1.70. The molecule has 2 heterocycles. The van der Waals surface area contributed by atoms with E-state index in [-0.39, 0.29) is 5.91 Å². The highest BCUT2D eigenvalue weighted by Gasteiger charge is 2.28. The average Bonchev–Trinajstić information content (AvgIpc) is 2.67. The number of carbonyl (C=O) groups excluding carboxylic acids is 1. The summed E-state index contributed by atoms with van der Waals surface area (Å²) in [6.07, 6.45) is -0.559. The van der Waals surface area contributed by atoms with Gasteiger partial charge in [0.2, 0.25) is 5.88 Å². The number of methoxy groups -OCH3 is 2. The van der Waals surface area contributed by atoms with Gasteiger partial charge in [-0.05, 0) is 31.2 Å². The fourth-order valence-electron chi connectivity index (χ4n) is 2.67. The van der Waals surface area contributed by atoms with Gasteiger partial charge in [0, 0.05) is 24.6 Å². The molecule has 23 heavy (non-hydrogen) atoms. The molecule has 1 aliphatic heterocycles. The van der Waals surface area contributed by atoms with Crippen LogP contribution >= 0.6 is 0 Å². The van der Waals surface area contributed by atoms with Crippen LogP contribution in [0.2, 0.25) is 0 Å². The molecule has 122 valence electrons. The number of ether oxygens (including phenoxy) is 3. The molecule has 0 saturated heterocycles. The largest absolute Gasteiger partial charge is 0.497 e. The van der Waals surface area contributed by atoms with Crippen LogP contribution in [-0.4, -0.2) is 49.3 Å². The zero-order valence-corrected chi connectivity index (χ0v) is 13.5. The number of hydrogen-bond donors (Lipinski definition) is 0. The van der Waals surface area contributed by atoms with Crippen LogP contribution in [0.15, 0.2) is 24.3 Å². The Bertz CT molecular complexity index is 732. The van der Waals surface area contributed by atoms with Crippen molar-refractivity contribution < 1.29 is 19.0 Å². The number of fused-ring (bicyclic) bond motifs is 2. The number of carbonyl (C=O) groups is 1. The molecule has 0 spiro atoms. The van der Waals surface area contributed by atoms with Gasteiger partial charge in [-0.1, -0.05) is 0 Å². The van der Waals surface area contributed by atoms with E-state index >= 15 is 0 Å². The van der Waals surface area contributed by atoms with E-state index in [0.717, 1.165) is 22.2 Å². The summed E-state index contributed by atoms with van der Waals surface area (Å²) < 4.78 is 16.1. The minimum atomic E-state index is -0.559. The van der Waals surface area contributed by atoms with Gasteiger partial charge in [0.05, 0.1) is 25.8 Å². The Morgan fingerprint density at radius 3 is 2.91 bits per heavy atom. The lowest BCUT2D eigenvalue weighted by atomic mass is 10.1. The molecule has 0 aliphatic carbocycles. The molecule has 0 N–H and O–H groups in total. The van der Waals surface area contributed by atoms with Crippen LogP contribution in [0.3, 0.4) is 0 Å². The first-order chi connectivity index (χ1) is 11.1. The van der Waals surface area contributed by atoms with Crippen molar-refractivity contribution in [3.8, 4) is 11.6 Å². The average molecular weight is 316 g/mol. The third-order valence-corrected chi connectivity index (χ3v) is 3.94. The molecule has 1 amide bonds. The highest BCUT2D eigenvalue weighted by molar-refractivity contribution is 5.84. The lowest BCUT2D eigenvalue weighted by molar-refractivity contribution is -0.138. The summed E-state index contributed by atoms with van der Waals surface area (Å²) >= 11 is 0. The molecule has 1 aromatic carbocycles. The van der Waals surface area contributed by atoms with Crippen molar-refractivity contribution in [2.24, 2.45) is 0 Å². The normalized spacial score (nSPS) is 17.6. The topological polar surface area (TPSA) is 60.9 Å². The van der Waals surface area contributed by atoms with Crippen molar-refractivity contribution in [1.29, 1.82) is 0 Å². The van der Waals surface area contributed by atoms with Gasteiger partial charge in [0.15, 0.2) is 6.10 Å². The third-order valence-electron chi connectivity index (χ3n) is 3.94. The SMILES string of the molecule is COCCN1Cc2cc3cc(OC)ccc3nc2O[C@@H](C)C1=O. The van der Waals surface area contributed by atoms with Gasteiger partial charge >= 0.3 is 0 Å². The van der Waals surface area contributed by atoms with Gasteiger partial charge in [-0.15, -0.1) is 0 Å². The molecule has 3 rings (SSSR count). The smallest absolute Gasteiger partial charge is 0.263 e. The van der Waals surface area contributed by atoms with E-state index in [1.54, 1.807) is 26.0 Å². The zero-order chi connectivity index (χ0) is 16.4. The first kappa shape index (κ1) is 15.6. The Labute approximate surface area is 135 Å². The zero-order valence-electron chi connectivity index (χ0n) is 13.5. The number of aromatic nitrogens is 1. The Morgan fingerprint density at radius 2 is 2.17 bits per heavy atom. The van der Waals surface area contributed by atoms with Crippen molar-refractivity contribution >= 4 is 16.8 Å². The van der Waals surface area contributed by atoms with Crippen LogP contribution in [0.5, 0.6) is 11.6 Å². The monoisotopic (exact) mass is 316 g/mol. The van der Waals surface area contributed by atoms with Gasteiger partial charge in [-0.3, -0.25) is 4.79 Å². The summed E-state index contributed by atoms with van der Waals surface area (Å²) in [6, 6.07) is 7.68. The highest BCUT2D eigenvalue weighted by Crippen LogP contribution is 2.29. The molecule has 1 aliphatic rings. The maximum atomic E-state index is 12.4. The molecule has 6 heteroatoms. The second-order valence-corrected chi connectivity index (χ2v) is 5.52. The highest BCUT2D eigenvalue weighted by atomic mass is 16.5. The molecule has 0 unspecified atom stereocenters. The van der Waals surface area contributed by atoms with Gasteiger partial charge < -0.3 is 19.1 Å². The van der Waals surface area contributed by atoms with E-state index in [9.17, 15) is 4.79 Å². The molecule has 1 aromatic heterocycles. The minimum Gasteiger partial charge on any atom is -0.497 e. The van der Waals surface area contributed by atoms with Gasteiger partial charge in [-0.25, -0.2) is 4.98 Å². The van der Waals surface area contributed by atoms with Crippen LogP contribution in [0.4, 0.5) is 0 Å². The maximum absolute atomic E-state index is 12.4. The fraction of sp³-hybridized carbons (Fsp3) is 0.412. The Balaban J connectivity index is 2.01. The van der Waals surface area contributed by atoms with Crippen LogP contribution in [0.25, 0.3) is 10.9 Å². The maximum Gasteiger partial charge on any atom is 0.263 e. The van der Waals surface area contributed by atoms with Crippen LogP contribution in [0.1, 0.15) is 12.5 Å². The molecular weight excluding hydrogens is 296 g/mol. The second-order valence-electron chi connectivity index (χ2n) is 5.52. The summed E-state index contributed by atoms with van der Waals surface area (Å²) in [5.74, 6) is 1.24. The third kappa shape index (κ3) is 3.07. The van der Waals surface area contributed by atoms with E-state index in [2.05, 4.69) is 4.98 Å². The number of pyridine rings is 1. The second kappa shape index (κ2) is 6.42. The van der Waals surface area contributed by atoms with Crippen molar-refractivity contribution in [2.45, 2.75) is 19.6 Å². The first-order valence-corrected chi connectivity index (χ1v) is 7.54. The predicted molar refractivity (Wildman–Crippen MR) is 85.7 cm³/mol. The molecule has 0 saturated carbocycles. The number of amides is 1.